The molecule has 18 heavy (non-hydrogen) atoms. The summed E-state index contributed by atoms with van der Waals surface area (Å²) in [7, 11) is 4.01. The predicted octanol–water partition coefficient (Wildman–Crippen LogP) is 1.57. The highest BCUT2D eigenvalue weighted by molar-refractivity contribution is 5.60. The van der Waals surface area contributed by atoms with E-state index in [0.717, 1.165) is 11.4 Å². The van der Waals surface area contributed by atoms with E-state index in [1.807, 2.05) is 43.3 Å². The number of nitrogens with two attached hydrogens (primary N) is 1. The highest BCUT2D eigenvalue weighted by Crippen LogP contribution is 2.19. The smallest absolute Gasteiger partial charge is 0.160 e. The number of nitrogens with one attached hydrogen (secondary N) is 2. The molecule has 2 aromatic rings. The van der Waals surface area contributed by atoms with Gasteiger partial charge in [-0.1, -0.05) is 0 Å². The largest absolute Gasteiger partial charge is 0.378 e. The summed E-state index contributed by atoms with van der Waals surface area (Å²) in [6, 6.07) is 8.03. The van der Waals surface area contributed by atoms with E-state index in [4.69, 9.17) is 5.84 Å². The summed E-state index contributed by atoms with van der Waals surface area (Å²) in [4.78, 5) is 10.3. The van der Waals surface area contributed by atoms with Crippen molar-refractivity contribution < 1.29 is 0 Å². The van der Waals surface area contributed by atoms with Crippen LogP contribution in [0.25, 0.3) is 0 Å². The van der Waals surface area contributed by atoms with E-state index < -0.39 is 0 Å². The molecule has 1 aromatic carbocycles. The lowest BCUT2D eigenvalue weighted by atomic mass is 10.2. The quantitative estimate of drug-likeness (QED) is 0.559. The van der Waals surface area contributed by atoms with Gasteiger partial charge in [0.25, 0.3) is 0 Å². The SMILES string of the molecule is CN(C)c1ccc(Nc2cncc(NN)n2)cc1. The molecule has 1 aromatic heterocycles. The first-order valence-corrected chi connectivity index (χ1v) is 5.52. The molecule has 0 aliphatic carbocycles. The van der Waals surface area contributed by atoms with Crippen LogP contribution in [0.15, 0.2) is 36.7 Å². The van der Waals surface area contributed by atoms with Crippen LogP contribution in [0.4, 0.5) is 23.0 Å². The van der Waals surface area contributed by atoms with Gasteiger partial charge >= 0.3 is 0 Å². The summed E-state index contributed by atoms with van der Waals surface area (Å²) in [5, 5.41) is 3.16. The molecule has 0 fully saturated rings. The van der Waals surface area contributed by atoms with Crippen LogP contribution in [0.5, 0.6) is 0 Å². The van der Waals surface area contributed by atoms with Gasteiger partial charge in [-0.25, -0.2) is 10.8 Å². The molecule has 6 nitrogen and oxygen atoms in total. The maximum Gasteiger partial charge on any atom is 0.160 e. The van der Waals surface area contributed by atoms with Crippen molar-refractivity contribution >= 4 is 23.0 Å². The number of anilines is 4. The third-order valence-corrected chi connectivity index (χ3v) is 2.44. The molecule has 0 spiro atoms. The Labute approximate surface area is 106 Å². The molecule has 0 radical (unpaired) electrons. The van der Waals surface area contributed by atoms with Gasteiger partial charge in [0, 0.05) is 25.5 Å². The van der Waals surface area contributed by atoms with Crippen molar-refractivity contribution in [3.8, 4) is 0 Å². The van der Waals surface area contributed by atoms with Crippen LogP contribution in [0.1, 0.15) is 0 Å². The predicted molar refractivity (Wildman–Crippen MR) is 73.9 cm³/mol. The standard InChI is InChI=1S/C12H16N6/c1-18(2)10-5-3-9(4-6-10)15-11-7-14-8-12(16-11)17-13/h3-8H,13H2,1-2H3,(H2,15,16,17). The van der Waals surface area contributed by atoms with Gasteiger partial charge in [-0.2, -0.15) is 0 Å². The zero-order chi connectivity index (χ0) is 13.0. The van der Waals surface area contributed by atoms with Crippen molar-refractivity contribution in [2.24, 2.45) is 5.84 Å². The first-order chi connectivity index (χ1) is 8.69. The molecule has 94 valence electrons. The second kappa shape index (κ2) is 5.33. The van der Waals surface area contributed by atoms with Gasteiger partial charge in [0.1, 0.15) is 0 Å². The first kappa shape index (κ1) is 12.1. The van der Waals surface area contributed by atoms with E-state index in [1.165, 1.54) is 0 Å². The highest BCUT2D eigenvalue weighted by atomic mass is 15.3. The summed E-state index contributed by atoms with van der Waals surface area (Å²) in [6.07, 6.45) is 3.20. The Bertz CT molecular complexity index is 508. The summed E-state index contributed by atoms with van der Waals surface area (Å²) in [5.41, 5.74) is 4.55. The van der Waals surface area contributed by atoms with Crippen molar-refractivity contribution in [2.75, 3.05) is 29.7 Å². The molecular weight excluding hydrogens is 228 g/mol. The number of aromatic nitrogens is 2. The van der Waals surface area contributed by atoms with Gasteiger partial charge in [0.15, 0.2) is 11.6 Å². The van der Waals surface area contributed by atoms with Crippen LogP contribution in [0, 0.1) is 0 Å². The van der Waals surface area contributed by atoms with Gasteiger partial charge in [-0.15, -0.1) is 0 Å². The van der Waals surface area contributed by atoms with Crippen LogP contribution in [0.2, 0.25) is 0 Å². The third kappa shape index (κ3) is 2.86. The number of rotatable bonds is 4. The van der Waals surface area contributed by atoms with E-state index in [1.54, 1.807) is 12.4 Å². The molecule has 0 amide bonds. The van der Waals surface area contributed by atoms with Crippen LogP contribution < -0.4 is 21.5 Å². The molecule has 0 aliphatic heterocycles. The number of nitrogen functional groups attached to an aromatic ring is 1. The van der Waals surface area contributed by atoms with Gasteiger partial charge in [0.2, 0.25) is 0 Å². The molecule has 0 saturated carbocycles. The molecule has 2 rings (SSSR count). The highest BCUT2D eigenvalue weighted by Gasteiger charge is 1.99. The van der Waals surface area contributed by atoms with Crippen molar-refractivity contribution in [1.82, 2.24) is 9.97 Å². The summed E-state index contributed by atoms with van der Waals surface area (Å²) >= 11 is 0. The Morgan fingerprint density at radius 1 is 1.06 bits per heavy atom. The Balaban J connectivity index is 2.13. The summed E-state index contributed by atoms with van der Waals surface area (Å²) < 4.78 is 0. The third-order valence-electron chi connectivity index (χ3n) is 2.44. The molecule has 6 heteroatoms. The molecule has 0 aliphatic rings. The maximum atomic E-state index is 5.28. The lowest BCUT2D eigenvalue weighted by molar-refractivity contribution is 1.13. The fraction of sp³-hybridized carbons (Fsp3) is 0.167. The van der Waals surface area contributed by atoms with Crippen LogP contribution in [-0.2, 0) is 0 Å². The molecule has 1 heterocycles. The van der Waals surface area contributed by atoms with Gasteiger partial charge < -0.3 is 15.6 Å². The second-order valence-corrected chi connectivity index (χ2v) is 4.00. The zero-order valence-electron chi connectivity index (χ0n) is 10.4. The molecule has 4 N–H and O–H groups in total. The molecule has 0 saturated heterocycles. The normalized spacial score (nSPS) is 9.94. The number of hydrogen-bond acceptors (Lipinski definition) is 6. The first-order valence-electron chi connectivity index (χ1n) is 5.52. The topological polar surface area (TPSA) is 79.1 Å². The van der Waals surface area contributed by atoms with Gasteiger partial charge in [-0.3, -0.25) is 4.98 Å². The monoisotopic (exact) mass is 244 g/mol. The lowest BCUT2D eigenvalue weighted by Crippen LogP contribution is -2.10. The minimum Gasteiger partial charge on any atom is -0.378 e. The number of hydrazine groups is 1. The Morgan fingerprint density at radius 2 is 1.72 bits per heavy atom. The van der Waals surface area contributed by atoms with E-state index in [0.29, 0.717) is 11.6 Å². The number of benzene rings is 1. The summed E-state index contributed by atoms with van der Waals surface area (Å²) in [6.45, 7) is 0. The minimum atomic E-state index is 0.518. The fourth-order valence-electron chi connectivity index (χ4n) is 1.49. The van der Waals surface area contributed by atoms with Crippen LogP contribution >= 0.6 is 0 Å². The van der Waals surface area contributed by atoms with E-state index in [9.17, 15) is 0 Å². The average molecular weight is 244 g/mol. The van der Waals surface area contributed by atoms with E-state index in [-0.39, 0.29) is 0 Å². The molecule has 0 atom stereocenters. The molecule has 0 unspecified atom stereocenters. The number of nitrogens with zero attached hydrogens (tertiary/aromatic N) is 3. The van der Waals surface area contributed by atoms with E-state index in [2.05, 4.69) is 20.7 Å². The van der Waals surface area contributed by atoms with Crippen molar-refractivity contribution in [3.63, 3.8) is 0 Å². The summed E-state index contributed by atoms with van der Waals surface area (Å²) in [5.74, 6) is 6.44. The van der Waals surface area contributed by atoms with E-state index >= 15 is 0 Å². The lowest BCUT2D eigenvalue weighted by Gasteiger charge is -2.13. The van der Waals surface area contributed by atoms with Crippen LogP contribution in [0.3, 0.4) is 0 Å². The average Bonchev–Trinajstić information content (AvgIpc) is 2.39. The van der Waals surface area contributed by atoms with Crippen molar-refractivity contribution in [1.29, 1.82) is 0 Å². The maximum absolute atomic E-state index is 5.28. The van der Waals surface area contributed by atoms with Crippen LogP contribution in [-0.4, -0.2) is 24.1 Å². The van der Waals surface area contributed by atoms with Gasteiger partial charge in [-0.05, 0) is 24.3 Å². The Morgan fingerprint density at radius 3 is 2.33 bits per heavy atom. The zero-order valence-corrected chi connectivity index (χ0v) is 10.4. The second-order valence-electron chi connectivity index (χ2n) is 4.00. The van der Waals surface area contributed by atoms with Gasteiger partial charge in [0.05, 0.1) is 12.4 Å². The molecular formula is C12H16N6. The Hall–Kier alpha value is -2.34. The van der Waals surface area contributed by atoms with Crippen molar-refractivity contribution in [3.05, 3.63) is 36.7 Å². The Kier molecular flexibility index (Phi) is 3.59. The molecule has 0 bridgehead atoms. The van der Waals surface area contributed by atoms with Crippen molar-refractivity contribution in [2.45, 2.75) is 0 Å². The fourth-order valence-corrected chi connectivity index (χ4v) is 1.49. The minimum absolute atomic E-state index is 0.518. The number of hydrogen-bond donors (Lipinski definition) is 3.